The molecule has 7 nitrogen and oxygen atoms in total. The van der Waals surface area contributed by atoms with Crippen molar-refractivity contribution in [2.45, 2.75) is 230 Å². The smallest absolute Gasteiger partial charge is 0.379 e. The number of phosphoric ester groups is 1. The van der Waals surface area contributed by atoms with Crippen molar-refractivity contribution in [2.75, 3.05) is 60.7 Å². The second-order valence-corrected chi connectivity index (χ2v) is 22.8. The molecule has 0 aromatic carbocycles. The number of rotatable bonds is 46. The van der Waals surface area contributed by atoms with Gasteiger partial charge in [0.2, 0.25) is 0 Å². The second kappa shape index (κ2) is 30.8. The van der Waals surface area contributed by atoms with Crippen LogP contribution < -0.4 is 0 Å². The Labute approximate surface area is 480 Å². The Morgan fingerprint density at radius 2 is 0.568 bits per heavy atom. The van der Waals surface area contributed by atoms with Crippen molar-refractivity contribution in [3.05, 3.63) is 0 Å². The lowest BCUT2D eigenvalue weighted by molar-refractivity contribution is -0.870. The number of nitrogens with zero attached hydrogens (tertiary/aromatic N) is 1. The van der Waals surface area contributed by atoms with Gasteiger partial charge in [-0.3, -0.25) is 9.05 Å². The molecule has 0 spiro atoms. The maximum atomic E-state index is 14.2. The van der Waals surface area contributed by atoms with Crippen LogP contribution in [0.2, 0.25) is 0 Å². The van der Waals surface area contributed by atoms with Gasteiger partial charge in [-0.1, -0.05) is 89.9 Å². The first-order valence-corrected chi connectivity index (χ1v) is 27.5. The molecule has 42 heteroatoms. The average Bonchev–Trinajstić information content (AvgIpc) is 0.718. The first kappa shape index (κ1) is 85.6. The predicted octanol–water partition coefficient (Wildman–Crippen LogP) is 19.0. The van der Waals surface area contributed by atoms with E-state index in [2.05, 4.69) is 0 Å². The number of phosphoric acid groups is 1. The van der Waals surface area contributed by atoms with Crippen LogP contribution in [0, 0.1) is 0 Å². The topological polar surface area (TPSA) is 74.2 Å². The molecule has 1 N–H and O–H groups in total. The van der Waals surface area contributed by atoms with Crippen LogP contribution in [0.5, 0.6) is 0 Å². The molecule has 2 atom stereocenters. The second-order valence-electron chi connectivity index (χ2n) is 21.3. The maximum absolute atomic E-state index is 14.2. The van der Waals surface area contributed by atoms with Crippen LogP contribution in [0.25, 0.3) is 0 Å². The minimum Gasteiger partial charge on any atom is -0.379 e. The normalized spacial score (nSPS) is 16.4. The van der Waals surface area contributed by atoms with Crippen molar-refractivity contribution in [1.82, 2.24) is 0 Å². The number of hydrogen-bond donors (Lipinski definition) is 1. The molecule has 0 aliphatic rings. The molecule has 0 aromatic rings. The van der Waals surface area contributed by atoms with Gasteiger partial charge in [0.1, 0.15) is 19.3 Å². The third-order valence-corrected chi connectivity index (χ3v) is 14.1. The highest BCUT2D eigenvalue weighted by molar-refractivity contribution is 7.47. The lowest BCUT2D eigenvalue weighted by atomic mass is 9.87. The fraction of sp³-hybridized carbons (Fsp3) is 1.00. The fourth-order valence-corrected chi connectivity index (χ4v) is 8.18. The first-order chi connectivity index (χ1) is 39.0. The summed E-state index contributed by atoms with van der Waals surface area (Å²) in [5.74, 6) is -113. The van der Waals surface area contributed by atoms with Gasteiger partial charge >= 0.3 is 103 Å². The van der Waals surface area contributed by atoms with Crippen LogP contribution in [0.1, 0.15) is 128 Å². The molecule has 0 fully saturated rings. The van der Waals surface area contributed by atoms with Crippen molar-refractivity contribution in [2.24, 2.45) is 0 Å². The summed E-state index contributed by atoms with van der Waals surface area (Å²) in [4.78, 5) is 10.1. The number of unbranched alkanes of at least 4 members (excludes halogenated alkanes) is 16. The van der Waals surface area contributed by atoms with E-state index in [1.807, 2.05) is 0 Å². The summed E-state index contributed by atoms with van der Waals surface area (Å²) < 4.78 is 493. The summed E-state index contributed by atoms with van der Waals surface area (Å²) in [6.07, 6.45) is -21.6. The zero-order valence-corrected chi connectivity index (χ0v) is 47.1. The highest BCUT2D eigenvalue weighted by atomic mass is 31.2. The average molecular weight is 1400 g/mol. The van der Waals surface area contributed by atoms with E-state index < -0.39 is 154 Å². The highest BCUT2D eigenvalue weighted by Crippen LogP contribution is 2.66. The largest absolute Gasteiger partial charge is 0.472 e. The van der Waals surface area contributed by atoms with Crippen LogP contribution in [-0.2, 0) is 23.1 Å². The van der Waals surface area contributed by atoms with Crippen LogP contribution in [0.3, 0.4) is 0 Å². The lowest BCUT2D eigenvalue weighted by Gasteiger charge is -2.42. The standard InChI is InChI=1S/C46H62F34NO6P/c1-81(2,3)24-27-86-88(82,83)87-29-30(85-26-21-17-13-9-5-7-11-15-19-23-32(49,50)34(53,54)36(57,58)38(61,62)40(65,66)42(69,70)44(73,74)46(78,79)80)28-84-25-20-16-12-8-4-6-10-14-18-22-31(47,48)33(51,52)35(55,56)37(59,60)39(63,64)41(67,68)43(71,72)45(75,76)77/h30H,4-29H2,1-3H3/p+1/t30-/m0/s1. The van der Waals surface area contributed by atoms with E-state index in [-0.39, 0.29) is 65.1 Å². The molecule has 0 saturated heterocycles. The Balaban J connectivity index is 5.09. The summed E-state index contributed by atoms with van der Waals surface area (Å²) >= 11 is 0. The molecular weight excluding hydrogens is 1340 g/mol. The summed E-state index contributed by atoms with van der Waals surface area (Å²) in [6, 6.07) is 0. The van der Waals surface area contributed by atoms with Crippen LogP contribution >= 0.6 is 7.82 Å². The van der Waals surface area contributed by atoms with Gasteiger partial charge in [0.25, 0.3) is 0 Å². The van der Waals surface area contributed by atoms with E-state index >= 15 is 0 Å². The van der Waals surface area contributed by atoms with Crippen molar-refractivity contribution < 1.29 is 182 Å². The minimum atomic E-state index is -8.71. The number of alkyl halides is 34. The Hall–Kier alpha value is -2.39. The maximum Gasteiger partial charge on any atom is 0.472 e. The zero-order valence-electron chi connectivity index (χ0n) is 46.2. The SMILES string of the molecule is C[N+](C)(C)CCOP(=O)(O)OC[C@H](COCCCCCCCCCCCC(F)(F)C(F)(F)C(F)(F)C(F)(F)C(F)(F)C(F)(F)C(F)(F)C(F)(F)F)OCCCCCCCCCCCC(F)(F)C(F)(F)C(F)(F)C(F)(F)C(F)(F)C(F)(F)C(F)(F)C(F)(F)F. The van der Waals surface area contributed by atoms with Crippen LogP contribution in [0.4, 0.5) is 149 Å². The Kier molecular flexibility index (Phi) is 29.9. The van der Waals surface area contributed by atoms with Gasteiger partial charge in [0, 0.05) is 26.1 Å². The van der Waals surface area contributed by atoms with E-state index in [1.54, 1.807) is 21.1 Å². The number of halogens is 34. The molecule has 530 valence electrons. The third-order valence-electron chi connectivity index (χ3n) is 13.1. The number of likely N-dealkylation sites (N-methyl/N-ethyl adjacent to an activating group) is 1. The molecule has 0 rings (SSSR count). The Morgan fingerprint density at radius 3 is 0.852 bits per heavy atom. The van der Waals surface area contributed by atoms with Crippen molar-refractivity contribution >= 4 is 7.82 Å². The van der Waals surface area contributed by atoms with E-state index in [4.69, 9.17) is 18.5 Å². The zero-order chi connectivity index (χ0) is 69.8. The molecule has 1 unspecified atom stereocenters. The molecule has 0 saturated carbocycles. The van der Waals surface area contributed by atoms with Gasteiger partial charge in [0.15, 0.2) is 0 Å². The summed E-state index contributed by atoms with van der Waals surface area (Å²) in [6.45, 7) is -0.733. The van der Waals surface area contributed by atoms with Crippen LogP contribution in [-0.4, -0.2) is 171 Å². The van der Waals surface area contributed by atoms with Gasteiger partial charge in [-0.2, -0.15) is 149 Å². The van der Waals surface area contributed by atoms with E-state index in [0.29, 0.717) is 62.3 Å². The number of ether oxygens (including phenoxy) is 2. The third kappa shape index (κ3) is 19.6. The van der Waals surface area contributed by atoms with Gasteiger partial charge < -0.3 is 18.9 Å². The predicted molar refractivity (Wildman–Crippen MR) is 239 cm³/mol. The molecule has 88 heavy (non-hydrogen) atoms. The van der Waals surface area contributed by atoms with Gasteiger partial charge in [-0.05, 0) is 25.7 Å². The van der Waals surface area contributed by atoms with E-state index in [1.165, 1.54) is 0 Å². The van der Waals surface area contributed by atoms with Crippen molar-refractivity contribution in [3.8, 4) is 0 Å². The van der Waals surface area contributed by atoms with Crippen molar-refractivity contribution in [3.63, 3.8) is 0 Å². The fourth-order valence-electron chi connectivity index (χ4n) is 7.44. The molecule has 0 aliphatic carbocycles. The molecule has 0 amide bonds. The number of hydrogen-bond acceptors (Lipinski definition) is 5. The monoisotopic (exact) mass is 1400 g/mol. The molecule has 0 aromatic heterocycles. The lowest BCUT2D eigenvalue weighted by Crippen LogP contribution is -2.74. The molecule has 0 heterocycles. The quantitative estimate of drug-likeness (QED) is 0.0283. The molecule has 0 aliphatic heterocycles. The molecule has 0 radical (unpaired) electrons. The summed E-state index contributed by atoms with van der Waals surface area (Å²) in [5.41, 5.74) is 0. The molecule has 0 bridgehead atoms. The summed E-state index contributed by atoms with van der Waals surface area (Å²) in [5, 5.41) is 0. The first-order valence-electron chi connectivity index (χ1n) is 26.0. The van der Waals surface area contributed by atoms with E-state index in [9.17, 15) is 159 Å². The van der Waals surface area contributed by atoms with Crippen LogP contribution in [0.15, 0.2) is 0 Å². The highest BCUT2D eigenvalue weighted by Gasteiger charge is 2.97. The van der Waals surface area contributed by atoms with Gasteiger partial charge in [-0.15, -0.1) is 0 Å². The summed E-state index contributed by atoms with van der Waals surface area (Å²) in [7, 11) is 0.598. The van der Waals surface area contributed by atoms with Crippen molar-refractivity contribution in [1.29, 1.82) is 0 Å². The van der Waals surface area contributed by atoms with Gasteiger partial charge in [-0.25, -0.2) is 4.57 Å². The van der Waals surface area contributed by atoms with E-state index in [0.717, 1.165) is 0 Å². The Morgan fingerprint density at radius 1 is 0.318 bits per heavy atom. The van der Waals surface area contributed by atoms with Gasteiger partial charge in [0.05, 0.1) is 34.4 Å². The number of quaternary nitrogens is 1. The molecular formula is C46H63F34NO6P+. The Bertz CT molecular complexity index is 2120. The minimum absolute atomic E-state index is 0.0306.